The molecule has 2 aromatic rings. The Morgan fingerprint density at radius 1 is 1.10 bits per heavy atom. The number of hydrogen-bond donors (Lipinski definition) is 0. The lowest BCUT2D eigenvalue weighted by Crippen LogP contribution is -1.98. The van der Waals surface area contributed by atoms with Gasteiger partial charge in [0.05, 0.1) is 17.0 Å². The molecule has 0 spiro atoms. The molecule has 0 aliphatic rings. The molecule has 0 aromatic heterocycles. The van der Waals surface area contributed by atoms with Gasteiger partial charge in [-0.15, -0.1) is 11.6 Å². The van der Waals surface area contributed by atoms with Crippen molar-refractivity contribution in [3.63, 3.8) is 0 Å². The van der Waals surface area contributed by atoms with Crippen molar-refractivity contribution in [3.8, 4) is 5.75 Å². The highest BCUT2D eigenvalue weighted by Crippen LogP contribution is 2.39. The molecule has 0 bridgehead atoms. The Kier molecular flexibility index (Phi) is 5.20. The van der Waals surface area contributed by atoms with Crippen LogP contribution >= 0.6 is 34.8 Å². The van der Waals surface area contributed by atoms with Crippen molar-refractivity contribution in [2.45, 2.75) is 19.2 Å². The first kappa shape index (κ1) is 15.5. The number of halogens is 3. The molecular formula is C16H15Cl3O. The molecule has 0 heterocycles. The van der Waals surface area contributed by atoms with Crippen LogP contribution in [0.4, 0.5) is 0 Å². The third kappa shape index (κ3) is 3.41. The number of benzene rings is 2. The number of alkyl halides is 1. The van der Waals surface area contributed by atoms with Gasteiger partial charge in [0.25, 0.3) is 0 Å². The summed E-state index contributed by atoms with van der Waals surface area (Å²) in [6.45, 7) is 4.46. The van der Waals surface area contributed by atoms with Gasteiger partial charge < -0.3 is 4.74 Å². The lowest BCUT2D eigenvalue weighted by atomic mass is 10.0. The maximum absolute atomic E-state index is 6.53. The van der Waals surface area contributed by atoms with Crippen LogP contribution < -0.4 is 4.74 Å². The Morgan fingerprint density at radius 2 is 1.85 bits per heavy atom. The van der Waals surface area contributed by atoms with Crippen LogP contribution in [0.15, 0.2) is 36.4 Å². The molecule has 1 unspecified atom stereocenters. The van der Waals surface area contributed by atoms with Gasteiger partial charge in [0.2, 0.25) is 0 Å². The van der Waals surface area contributed by atoms with Gasteiger partial charge in [-0.25, -0.2) is 0 Å². The average molecular weight is 330 g/mol. The average Bonchev–Trinajstić information content (AvgIpc) is 2.42. The predicted molar refractivity (Wildman–Crippen MR) is 86.5 cm³/mol. The maximum atomic E-state index is 6.53. The number of ether oxygens (including phenoxy) is 1. The largest absolute Gasteiger partial charge is 0.492 e. The van der Waals surface area contributed by atoms with Crippen LogP contribution in [-0.4, -0.2) is 6.61 Å². The molecule has 0 N–H and O–H groups in total. The van der Waals surface area contributed by atoms with E-state index in [0.717, 1.165) is 16.7 Å². The normalized spacial score (nSPS) is 12.2. The molecule has 0 radical (unpaired) electrons. The van der Waals surface area contributed by atoms with E-state index in [1.54, 1.807) is 12.1 Å². The molecule has 0 saturated carbocycles. The fourth-order valence-corrected chi connectivity index (χ4v) is 2.87. The zero-order valence-electron chi connectivity index (χ0n) is 11.3. The minimum Gasteiger partial charge on any atom is -0.492 e. The van der Waals surface area contributed by atoms with Crippen LogP contribution in [0.1, 0.15) is 29.0 Å². The Labute approximate surface area is 134 Å². The Bertz CT molecular complexity index is 611. The Morgan fingerprint density at radius 3 is 2.50 bits per heavy atom. The summed E-state index contributed by atoms with van der Waals surface area (Å²) in [4.78, 5) is 0. The van der Waals surface area contributed by atoms with E-state index >= 15 is 0 Å². The van der Waals surface area contributed by atoms with Crippen molar-refractivity contribution in [3.05, 3.63) is 63.1 Å². The first-order valence-electron chi connectivity index (χ1n) is 6.35. The molecule has 1 atom stereocenters. The predicted octanol–water partition coefficient (Wildman–Crippen LogP) is 6.03. The molecule has 20 heavy (non-hydrogen) atoms. The van der Waals surface area contributed by atoms with E-state index in [1.807, 2.05) is 38.1 Å². The number of rotatable bonds is 4. The second-order valence-corrected chi connectivity index (χ2v) is 5.76. The van der Waals surface area contributed by atoms with Crippen LogP contribution in [0.2, 0.25) is 10.0 Å². The summed E-state index contributed by atoms with van der Waals surface area (Å²) in [6.07, 6.45) is 0. The smallest absolute Gasteiger partial charge is 0.139 e. The zero-order valence-corrected chi connectivity index (χ0v) is 13.6. The highest BCUT2D eigenvalue weighted by molar-refractivity contribution is 6.36. The van der Waals surface area contributed by atoms with E-state index in [1.165, 1.54) is 0 Å². The molecule has 2 rings (SSSR count). The summed E-state index contributed by atoms with van der Waals surface area (Å²) in [5.74, 6) is 0.580. The van der Waals surface area contributed by atoms with Crippen molar-refractivity contribution >= 4 is 34.8 Å². The topological polar surface area (TPSA) is 9.23 Å². The van der Waals surface area contributed by atoms with Gasteiger partial charge in [0.1, 0.15) is 5.75 Å². The van der Waals surface area contributed by atoms with Gasteiger partial charge in [0, 0.05) is 11.1 Å². The lowest BCUT2D eigenvalue weighted by molar-refractivity contribution is 0.340. The summed E-state index contributed by atoms with van der Waals surface area (Å²) in [5.41, 5.74) is 2.93. The molecule has 4 heteroatoms. The molecule has 0 saturated heterocycles. The summed E-state index contributed by atoms with van der Waals surface area (Å²) in [7, 11) is 0. The number of hydrogen-bond acceptors (Lipinski definition) is 1. The number of aryl methyl sites for hydroxylation is 1. The fourth-order valence-electron chi connectivity index (χ4n) is 2.01. The first-order valence-corrected chi connectivity index (χ1v) is 7.54. The molecular weight excluding hydrogens is 315 g/mol. The maximum Gasteiger partial charge on any atom is 0.139 e. The van der Waals surface area contributed by atoms with Crippen LogP contribution in [0.5, 0.6) is 5.75 Å². The summed E-state index contributed by atoms with van der Waals surface area (Å²) in [5, 5.41) is 0.736. The third-order valence-corrected chi connectivity index (χ3v) is 4.07. The van der Waals surface area contributed by atoms with Gasteiger partial charge in [0.15, 0.2) is 0 Å². The monoisotopic (exact) mass is 328 g/mol. The highest BCUT2D eigenvalue weighted by Gasteiger charge is 2.17. The minimum absolute atomic E-state index is 0.337. The van der Waals surface area contributed by atoms with Crippen LogP contribution in [-0.2, 0) is 0 Å². The van der Waals surface area contributed by atoms with E-state index in [9.17, 15) is 0 Å². The van der Waals surface area contributed by atoms with Crippen molar-refractivity contribution < 1.29 is 4.74 Å². The molecule has 0 amide bonds. The standard InChI is InChI=1S/C16H15Cl3O/c1-3-20-15-9-13(17)12(8-14(15)18)16(19)11-6-4-5-10(2)7-11/h4-9,16H,3H2,1-2H3. The van der Waals surface area contributed by atoms with Gasteiger partial charge >= 0.3 is 0 Å². The second kappa shape index (κ2) is 6.71. The van der Waals surface area contributed by atoms with Gasteiger partial charge in [-0.1, -0.05) is 53.0 Å². The van der Waals surface area contributed by atoms with Crippen molar-refractivity contribution in [1.29, 1.82) is 0 Å². The fraction of sp³-hybridized carbons (Fsp3) is 0.250. The van der Waals surface area contributed by atoms with E-state index in [-0.39, 0.29) is 5.38 Å². The van der Waals surface area contributed by atoms with Crippen LogP contribution in [0, 0.1) is 6.92 Å². The van der Waals surface area contributed by atoms with Crippen molar-refractivity contribution in [2.24, 2.45) is 0 Å². The lowest BCUT2D eigenvalue weighted by Gasteiger charge is -2.15. The zero-order chi connectivity index (χ0) is 14.7. The summed E-state index contributed by atoms with van der Waals surface area (Å²) in [6, 6.07) is 11.5. The Hall–Kier alpha value is -0.890. The molecule has 106 valence electrons. The SMILES string of the molecule is CCOc1cc(Cl)c(C(Cl)c2cccc(C)c2)cc1Cl. The van der Waals surface area contributed by atoms with E-state index < -0.39 is 0 Å². The van der Waals surface area contributed by atoms with Gasteiger partial charge in [-0.2, -0.15) is 0 Å². The third-order valence-electron chi connectivity index (χ3n) is 2.96. The van der Waals surface area contributed by atoms with Gasteiger partial charge in [-0.05, 0) is 31.0 Å². The molecule has 0 fully saturated rings. The van der Waals surface area contributed by atoms with Crippen molar-refractivity contribution in [2.75, 3.05) is 6.61 Å². The van der Waals surface area contributed by atoms with E-state index in [4.69, 9.17) is 39.5 Å². The van der Waals surface area contributed by atoms with Crippen LogP contribution in [0.25, 0.3) is 0 Å². The Balaban J connectivity index is 2.40. The van der Waals surface area contributed by atoms with E-state index in [2.05, 4.69) is 0 Å². The molecule has 2 aromatic carbocycles. The molecule has 0 aliphatic carbocycles. The quantitative estimate of drug-likeness (QED) is 0.622. The van der Waals surface area contributed by atoms with Gasteiger partial charge in [-0.3, -0.25) is 0 Å². The molecule has 0 aliphatic heterocycles. The van der Waals surface area contributed by atoms with Crippen LogP contribution in [0.3, 0.4) is 0 Å². The second-order valence-electron chi connectivity index (χ2n) is 4.51. The first-order chi connectivity index (χ1) is 9.52. The molecule has 1 nitrogen and oxygen atoms in total. The minimum atomic E-state index is -0.337. The highest BCUT2D eigenvalue weighted by atomic mass is 35.5. The van der Waals surface area contributed by atoms with E-state index in [0.29, 0.717) is 22.4 Å². The summed E-state index contributed by atoms with van der Waals surface area (Å²) < 4.78 is 5.42. The summed E-state index contributed by atoms with van der Waals surface area (Å²) >= 11 is 19.0. The van der Waals surface area contributed by atoms with Crippen molar-refractivity contribution in [1.82, 2.24) is 0 Å².